The molecule has 0 fully saturated rings. The summed E-state index contributed by atoms with van der Waals surface area (Å²) in [5, 5.41) is 1.20. The van der Waals surface area contributed by atoms with Crippen LogP contribution in [0.2, 0.25) is 0 Å². The first-order valence-corrected chi connectivity index (χ1v) is 8.72. The standard InChI is InChI=1S/C21H22N2O3/c1-13-4-6-15-16-12-23(9-8-17(16)22-18(15)10-13)21(24)14-5-7-19(25-2)20(11-14)26-3/h4-7,10-11,22H,8-9,12H2,1-3H3. The predicted molar refractivity (Wildman–Crippen MR) is 101 cm³/mol. The van der Waals surface area contributed by atoms with Crippen LogP contribution in [0, 0.1) is 6.92 Å². The van der Waals surface area contributed by atoms with Crippen LogP contribution in [0.5, 0.6) is 11.5 Å². The van der Waals surface area contributed by atoms with Crippen molar-refractivity contribution < 1.29 is 14.3 Å². The van der Waals surface area contributed by atoms with Crippen LogP contribution >= 0.6 is 0 Å². The third-order valence-electron chi connectivity index (χ3n) is 5.05. The second kappa shape index (κ2) is 6.41. The molecule has 26 heavy (non-hydrogen) atoms. The molecule has 4 rings (SSSR count). The number of carbonyl (C=O) groups excluding carboxylic acids is 1. The van der Waals surface area contributed by atoms with Crippen LogP contribution in [-0.4, -0.2) is 36.6 Å². The molecule has 2 heterocycles. The molecule has 1 aromatic heterocycles. The van der Waals surface area contributed by atoms with E-state index in [2.05, 4.69) is 30.1 Å². The van der Waals surface area contributed by atoms with Crippen molar-refractivity contribution >= 4 is 16.8 Å². The Bertz CT molecular complexity index is 990. The summed E-state index contributed by atoms with van der Waals surface area (Å²) in [5.41, 5.74) is 5.45. The van der Waals surface area contributed by atoms with Gasteiger partial charge in [0.15, 0.2) is 11.5 Å². The van der Waals surface area contributed by atoms with E-state index < -0.39 is 0 Å². The minimum Gasteiger partial charge on any atom is -0.493 e. The normalized spacial score (nSPS) is 13.6. The number of benzene rings is 2. The highest BCUT2D eigenvalue weighted by molar-refractivity contribution is 5.95. The van der Waals surface area contributed by atoms with Gasteiger partial charge in [-0.25, -0.2) is 0 Å². The fraction of sp³-hybridized carbons (Fsp3) is 0.286. The smallest absolute Gasteiger partial charge is 0.254 e. The Morgan fingerprint density at radius 1 is 1.08 bits per heavy atom. The van der Waals surface area contributed by atoms with Crippen LogP contribution in [0.3, 0.4) is 0 Å². The van der Waals surface area contributed by atoms with Crippen LogP contribution in [0.25, 0.3) is 10.9 Å². The summed E-state index contributed by atoms with van der Waals surface area (Å²) in [7, 11) is 3.16. The van der Waals surface area contributed by atoms with Crippen LogP contribution in [0.1, 0.15) is 27.2 Å². The molecule has 0 saturated carbocycles. The zero-order chi connectivity index (χ0) is 18.3. The lowest BCUT2D eigenvalue weighted by molar-refractivity contribution is 0.0734. The van der Waals surface area contributed by atoms with Gasteiger partial charge in [-0.15, -0.1) is 0 Å². The Labute approximate surface area is 152 Å². The Kier molecular flexibility index (Phi) is 4.07. The third kappa shape index (κ3) is 2.69. The fourth-order valence-electron chi connectivity index (χ4n) is 3.66. The van der Waals surface area contributed by atoms with Gasteiger partial charge < -0.3 is 19.4 Å². The Balaban J connectivity index is 1.64. The molecule has 5 heteroatoms. The molecule has 1 aliphatic rings. The van der Waals surface area contributed by atoms with E-state index in [1.807, 2.05) is 4.90 Å². The number of aryl methyl sites for hydroxylation is 1. The number of rotatable bonds is 3. The van der Waals surface area contributed by atoms with Gasteiger partial charge in [-0.05, 0) is 36.8 Å². The van der Waals surface area contributed by atoms with Gasteiger partial charge in [0.25, 0.3) is 5.91 Å². The van der Waals surface area contributed by atoms with Crippen molar-refractivity contribution in [2.45, 2.75) is 19.9 Å². The zero-order valence-corrected chi connectivity index (χ0v) is 15.3. The number of ether oxygens (including phenoxy) is 2. The van der Waals surface area contributed by atoms with E-state index in [-0.39, 0.29) is 5.91 Å². The highest BCUT2D eigenvalue weighted by Crippen LogP contribution is 2.31. The number of amides is 1. The van der Waals surface area contributed by atoms with Crippen molar-refractivity contribution in [2.75, 3.05) is 20.8 Å². The number of methoxy groups -OCH3 is 2. The molecule has 3 aromatic rings. The van der Waals surface area contributed by atoms with Crippen LogP contribution in [-0.2, 0) is 13.0 Å². The second-order valence-corrected chi connectivity index (χ2v) is 6.68. The summed E-state index contributed by atoms with van der Waals surface area (Å²) in [6.07, 6.45) is 0.835. The molecule has 1 aliphatic heterocycles. The molecular weight excluding hydrogens is 328 g/mol. The topological polar surface area (TPSA) is 54.6 Å². The number of H-pyrrole nitrogens is 1. The SMILES string of the molecule is COc1ccc(C(=O)N2CCc3[nH]c4cc(C)ccc4c3C2)cc1OC. The molecule has 134 valence electrons. The molecule has 2 aromatic carbocycles. The van der Waals surface area contributed by atoms with Gasteiger partial charge >= 0.3 is 0 Å². The van der Waals surface area contributed by atoms with Crippen LogP contribution in [0.15, 0.2) is 36.4 Å². The molecule has 1 N–H and O–H groups in total. The Morgan fingerprint density at radius 2 is 1.88 bits per heavy atom. The van der Waals surface area contributed by atoms with Crippen molar-refractivity contribution in [3.05, 3.63) is 58.8 Å². The Hall–Kier alpha value is -2.95. The molecule has 0 atom stereocenters. The Morgan fingerprint density at radius 3 is 2.65 bits per heavy atom. The number of aromatic nitrogens is 1. The van der Waals surface area contributed by atoms with E-state index in [4.69, 9.17) is 9.47 Å². The maximum Gasteiger partial charge on any atom is 0.254 e. The average molecular weight is 350 g/mol. The zero-order valence-electron chi connectivity index (χ0n) is 15.3. The first-order valence-electron chi connectivity index (χ1n) is 8.72. The largest absolute Gasteiger partial charge is 0.493 e. The summed E-state index contributed by atoms with van der Waals surface area (Å²) < 4.78 is 10.6. The first-order chi connectivity index (χ1) is 12.6. The summed E-state index contributed by atoms with van der Waals surface area (Å²) in [5.74, 6) is 1.20. The van der Waals surface area contributed by atoms with Gasteiger partial charge in [0.05, 0.1) is 14.2 Å². The van der Waals surface area contributed by atoms with Gasteiger partial charge in [-0.2, -0.15) is 0 Å². The van der Waals surface area contributed by atoms with Gasteiger partial charge in [-0.1, -0.05) is 12.1 Å². The highest BCUT2D eigenvalue weighted by atomic mass is 16.5. The lowest BCUT2D eigenvalue weighted by Crippen LogP contribution is -2.35. The minimum atomic E-state index is 0.0121. The van der Waals surface area contributed by atoms with E-state index in [9.17, 15) is 4.79 Å². The summed E-state index contributed by atoms with van der Waals surface area (Å²) in [4.78, 5) is 18.4. The predicted octanol–water partition coefficient (Wildman–Crippen LogP) is 3.69. The molecule has 5 nitrogen and oxygen atoms in total. The molecule has 0 radical (unpaired) electrons. The molecule has 0 unspecified atom stereocenters. The van der Waals surface area contributed by atoms with Crippen molar-refractivity contribution in [2.24, 2.45) is 0 Å². The fourth-order valence-corrected chi connectivity index (χ4v) is 3.66. The number of nitrogens with one attached hydrogen (secondary N) is 1. The lowest BCUT2D eigenvalue weighted by Gasteiger charge is -2.27. The maximum atomic E-state index is 13.0. The molecule has 0 bridgehead atoms. The molecular formula is C21H22N2O3. The maximum absolute atomic E-state index is 13.0. The van der Waals surface area contributed by atoms with E-state index in [1.54, 1.807) is 32.4 Å². The van der Waals surface area contributed by atoms with Gasteiger partial charge in [0, 0.05) is 47.2 Å². The van der Waals surface area contributed by atoms with Gasteiger partial charge in [0.1, 0.15) is 0 Å². The first kappa shape index (κ1) is 16.5. The van der Waals surface area contributed by atoms with Crippen LogP contribution < -0.4 is 9.47 Å². The quantitative estimate of drug-likeness (QED) is 0.784. The lowest BCUT2D eigenvalue weighted by atomic mass is 10.0. The molecule has 0 saturated heterocycles. The highest BCUT2D eigenvalue weighted by Gasteiger charge is 2.25. The number of nitrogens with zero attached hydrogens (tertiary/aromatic N) is 1. The summed E-state index contributed by atoms with van der Waals surface area (Å²) in [6, 6.07) is 11.7. The minimum absolute atomic E-state index is 0.0121. The van der Waals surface area contributed by atoms with Gasteiger partial charge in [-0.3, -0.25) is 4.79 Å². The van der Waals surface area contributed by atoms with Crippen molar-refractivity contribution in [1.82, 2.24) is 9.88 Å². The number of aromatic amines is 1. The average Bonchev–Trinajstić information content (AvgIpc) is 3.03. The molecule has 0 spiro atoms. The van der Waals surface area contributed by atoms with E-state index in [0.717, 1.165) is 11.9 Å². The summed E-state index contributed by atoms with van der Waals surface area (Å²) >= 11 is 0. The number of hydrogen-bond donors (Lipinski definition) is 1. The third-order valence-corrected chi connectivity index (χ3v) is 5.05. The van der Waals surface area contributed by atoms with Crippen molar-refractivity contribution in [1.29, 1.82) is 0 Å². The summed E-state index contributed by atoms with van der Waals surface area (Å²) in [6.45, 7) is 3.41. The van der Waals surface area contributed by atoms with E-state index >= 15 is 0 Å². The van der Waals surface area contributed by atoms with Crippen molar-refractivity contribution in [3.8, 4) is 11.5 Å². The van der Waals surface area contributed by atoms with Crippen LogP contribution in [0.4, 0.5) is 0 Å². The number of fused-ring (bicyclic) bond motifs is 3. The monoisotopic (exact) mass is 350 g/mol. The molecule has 1 amide bonds. The van der Waals surface area contributed by atoms with E-state index in [0.29, 0.717) is 30.2 Å². The van der Waals surface area contributed by atoms with Gasteiger partial charge in [0.2, 0.25) is 0 Å². The van der Waals surface area contributed by atoms with E-state index in [1.165, 1.54) is 22.2 Å². The second-order valence-electron chi connectivity index (χ2n) is 6.68. The number of hydrogen-bond acceptors (Lipinski definition) is 3. The molecule has 0 aliphatic carbocycles. The van der Waals surface area contributed by atoms with Crippen molar-refractivity contribution in [3.63, 3.8) is 0 Å². The number of carbonyl (C=O) groups is 1.